The van der Waals surface area contributed by atoms with Crippen LogP contribution >= 0.6 is 0 Å². The highest BCUT2D eigenvalue weighted by atomic mass is 32.2. The van der Waals surface area contributed by atoms with Crippen LogP contribution in [0.15, 0.2) is 41.3 Å². The molecule has 1 aliphatic heterocycles. The van der Waals surface area contributed by atoms with Crippen LogP contribution in [-0.4, -0.2) is 38.8 Å². The average molecular weight is 415 g/mol. The van der Waals surface area contributed by atoms with Crippen molar-refractivity contribution >= 4 is 21.6 Å². The third-order valence-corrected chi connectivity index (χ3v) is 8.35. The summed E-state index contributed by atoms with van der Waals surface area (Å²) in [5.41, 5.74) is 4.46. The van der Waals surface area contributed by atoms with Crippen molar-refractivity contribution in [3.63, 3.8) is 0 Å². The SMILES string of the molecule is Cc1cc(C)c(C)c(S(=O)(=O)N2CCC(C(=O)N(C)c3ccccc3)CC2)c1C. The summed E-state index contributed by atoms with van der Waals surface area (Å²) in [4.78, 5) is 15.0. The van der Waals surface area contributed by atoms with E-state index in [0.717, 1.165) is 27.9 Å². The highest BCUT2D eigenvalue weighted by Gasteiger charge is 2.35. The highest BCUT2D eigenvalue weighted by molar-refractivity contribution is 7.89. The first-order chi connectivity index (χ1) is 13.6. The monoisotopic (exact) mass is 414 g/mol. The van der Waals surface area contributed by atoms with Crippen LogP contribution in [0.5, 0.6) is 0 Å². The standard InChI is InChI=1S/C23H30N2O3S/c1-16-15-17(2)19(4)22(18(16)3)29(27,28)25-13-11-20(12-14-25)23(26)24(5)21-9-7-6-8-10-21/h6-10,15,20H,11-14H2,1-5H3. The van der Waals surface area contributed by atoms with E-state index in [1.807, 2.05) is 64.1 Å². The molecule has 156 valence electrons. The topological polar surface area (TPSA) is 57.7 Å². The van der Waals surface area contributed by atoms with E-state index in [4.69, 9.17) is 0 Å². The summed E-state index contributed by atoms with van der Waals surface area (Å²) in [7, 11) is -1.80. The van der Waals surface area contributed by atoms with Gasteiger partial charge in [0.05, 0.1) is 4.90 Å². The van der Waals surface area contributed by atoms with Crippen LogP contribution in [0.1, 0.15) is 35.1 Å². The quantitative estimate of drug-likeness (QED) is 0.760. The van der Waals surface area contributed by atoms with Gasteiger partial charge in [-0.05, 0) is 74.9 Å². The van der Waals surface area contributed by atoms with E-state index in [1.165, 1.54) is 0 Å². The Morgan fingerprint density at radius 2 is 1.48 bits per heavy atom. The van der Waals surface area contributed by atoms with E-state index >= 15 is 0 Å². The lowest BCUT2D eigenvalue weighted by Gasteiger charge is -2.33. The molecule has 2 aromatic rings. The fraction of sp³-hybridized carbons (Fsp3) is 0.435. The summed E-state index contributed by atoms with van der Waals surface area (Å²) in [6.45, 7) is 8.39. The van der Waals surface area contributed by atoms with E-state index in [9.17, 15) is 13.2 Å². The minimum Gasteiger partial charge on any atom is -0.315 e. The second kappa shape index (κ2) is 8.28. The maximum atomic E-state index is 13.4. The van der Waals surface area contributed by atoms with E-state index in [0.29, 0.717) is 30.8 Å². The van der Waals surface area contributed by atoms with Crippen LogP contribution in [0.2, 0.25) is 0 Å². The van der Waals surface area contributed by atoms with Crippen molar-refractivity contribution in [3.8, 4) is 0 Å². The van der Waals surface area contributed by atoms with Crippen LogP contribution < -0.4 is 4.90 Å². The maximum absolute atomic E-state index is 13.4. The van der Waals surface area contributed by atoms with Crippen molar-refractivity contribution < 1.29 is 13.2 Å². The molecule has 0 atom stereocenters. The van der Waals surface area contributed by atoms with E-state index in [-0.39, 0.29) is 11.8 Å². The number of aryl methyl sites for hydroxylation is 2. The first-order valence-corrected chi connectivity index (χ1v) is 11.5. The number of para-hydroxylation sites is 1. The average Bonchev–Trinajstić information content (AvgIpc) is 2.72. The second-order valence-corrected chi connectivity index (χ2v) is 9.88. The molecule has 1 saturated heterocycles. The molecule has 5 nitrogen and oxygen atoms in total. The van der Waals surface area contributed by atoms with Crippen LogP contribution in [0.4, 0.5) is 5.69 Å². The molecule has 0 aromatic heterocycles. The number of sulfonamides is 1. The Morgan fingerprint density at radius 3 is 2.00 bits per heavy atom. The van der Waals surface area contributed by atoms with Gasteiger partial charge in [-0.3, -0.25) is 4.79 Å². The number of amides is 1. The number of anilines is 1. The van der Waals surface area contributed by atoms with Crippen LogP contribution in [0.3, 0.4) is 0 Å². The summed E-state index contributed by atoms with van der Waals surface area (Å²) < 4.78 is 28.3. The largest absolute Gasteiger partial charge is 0.315 e. The van der Waals surface area contributed by atoms with E-state index in [1.54, 1.807) is 16.3 Å². The van der Waals surface area contributed by atoms with Gasteiger partial charge in [0, 0.05) is 31.7 Å². The predicted octanol–water partition coefficient (Wildman–Crippen LogP) is 3.98. The first kappa shape index (κ1) is 21.5. The fourth-order valence-electron chi connectivity index (χ4n) is 4.09. The predicted molar refractivity (Wildman–Crippen MR) is 117 cm³/mol. The Kier molecular flexibility index (Phi) is 6.15. The van der Waals surface area contributed by atoms with Gasteiger partial charge in [0.2, 0.25) is 15.9 Å². The van der Waals surface area contributed by atoms with Gasteiger partial charge in [-0.25, -0.2) is 8.42 Å². The van der Waals surface area contributed by atoms with Crippen molar-refractivity contribution in [2.75, 3.05) is 25.0 Å². The number of hydrogen-bond donors (Lipinski definition) is 0. The van der Waals surface area contributed by atoms with Gasteiger partial charge < -0.3 is 4.90 Å². The molecule has 1 amide bonds. The van der Waals surface area contributed by atoms with E-state index in [2.05, 4.69) is 0 Å². The number of benzene rings is 2. The van der Waals surface area contributed by atoms with Crippen LogP contribution in [-0.2, 0) is 14.8 Å². The van der Waals surface area contributed by atoms with Gasteiger partial charge >= 0.3 is 0 Å². The third-order valence-electron chi connectivity index (χ3n) is 6.17. The minimum atomic E-state index is -3.58. The Labute approximate surface area is 174 Å². The van der Waals surface area contributed by atoms with Crippen LogP contribution in [0, 0.1) is 33.6 Å². The Hall–Kier alpha value is -2.18. The van der Waals surface area contributed by atoms with Crippen LogP contribution in [0.25, 0.3) is 0 Å². The van der Waals surface area contributed by atoms with E-state index < -0.39 is 10.0 Å². The fourth-order valence-corrected chi connectivity index (χ4v) is 6.14. The molecule has 0 unspecified atom stereocenters. The summed E-state index contributed by atoms with van der Waals surface area (Å²) >= 11 is 0. The molecule has 0 bridgehead atoms. The Morgan fingerprint density at radius 1 is 0.966 bits per heavy atom. The van der Waals surface area contributed by atoms with Gasteiger partial charge in [-0.1, -0.05) is 24.3 Å². The van der Waals surface area contributed by atoms with Crippen molar-refractivity contribution in [3.05, 3.63) is 58.7 Å². The lowest BCUT2D eigenvalue weighted by Crippen LogP contribution is -2.43. The summed E-state index contributed by atoms with van der Waals surface area (Å²) in [5, 5.41) is 0. The molecule has 29 heavy (non-hydrogen) atoms. The van der Waals surface area contributed by atoms with Crippen molar-refractivity contribution in [1.82, 2.24) is 4.31 Å². The molecule has 0 N–H and O–H groups in total. The zero-order valence-electron chi connectivity index (χ0n) is 17.9. The molecule has 2 aromatic carbocycles. The minimum absolute atomic E-state index is 0.0482. The summed E-state index contributed by atoms with van der Waals surface area (Å²) in [6.07, 6.45) is 1.08. The first-order valence-electron chi connectivity index (χ1n) is 10.0. The lowest BCUT2D eigenvalue weighted by molar-refractivity contribution is -0.123. The molecule has 0 radical (unpaired) electrons. The molecule has 0 spiro atoms. The van der Waals surface area contributed by atoms with Crippen molar-refractivity contribution in [2.24, 2.45) is 5.92 Å². The van der Waals surface area contributed by atoms with Gasteiger partial charge in [-0.2, -0.15) is 4.31 Å². The van der Waals surface area contributed by atoms with Crippen molar-refractivity contribution in [1.29, 1.82) is 0 Å². The normalized spacial score (nSPS) is 16.0. The zero-order chi connectivity index (χ0) is 21.3. The number of hydrogen-bond acceptors (Lipinski definition) is 3. The number of carbonyl (C=O) groups is 1. The van der Waals surface area contributed by atoms with Gasteiger partial charge in [0.15, 0.2) is 0 Å². The third kappa shape index (κ3) is 4.09. The van der Waals surface area contributed by atoms with Gasteiger partial charge in [0.1, 0.15) is 0 Å². The van der Waals surface area contributed by atoms with Crippen molar-refractivity contribution in [2.45, 2.75) is 45.4 Å². The number of rotatable bonds is 4. The molecule has 1 aliphatic rings. The lowest BCUT2D eigenvalue weighted by atomic mass is 9.96. The molecular formula is C23H30N2O3S. The number of nitrogens with zero attached hydrogens (tertiary/aromatic N) is 2. The Balaban J connectivity index is 1.76. The van der Waals surface area contributed by atoms with Gasteiger partial charge in [0.25, 0.3) is 0 Å². The summed E-state index contributed by atoms with van der Waals surface area (Å²) in [5.74, 6) is -0.111. The molecule has 1 heterocycles. The summed E-state index contributed by atoms with van der Waals surface area (Å²) in [6, 6.07) is 11.6. The Bertz CT molecular complexity index is 982. The molecule has 6 heteroatoms. The maximum Gasteiger partial charge on any atom is 0.243 e. The number of carbonyl (C=O) groups excluding carboxylic acids is 1. The highest BCUT2D eigenvalue weighted by Crippen LogP contribution is 2.31. The molecule has 0 aliphatic carbocycles. The smallest absolute Gasteiger partial charge is 0.243 e. The second-order valence-electron chi connectivity index (χ2n) is 8.00. The van der Waals surface area contributed by atoms with Gasteiger partial charge in [-0.15, -0.1) is 0 Å². The molecule has 1 fully saturated rings. The molecule has 0 saturated carbocycles. The molecular weight excluding hydrogens is 384 g/mol. The molecule has 3 rings (SSSR count). The number of piperidine rings is 1. The zero-order valence-corrected chi connectivity index (χ0v) is 18.7.